The van der Waals surface area contributed by atoms with Crippen molar-refractivity contribution in [1.82, 2.24) is 0 Å². The maximum atomic E-state index is 14.1. The second-order valence-electron chi connectivity index (χ2n) is 13.3. The molecule has 0 saturated heterocycles. The van der Waals surface area contributed by atoms with E-state index in [2.05, 4.69) is 11.6 Å². The normalized spacial score (nSPS) is 12.0. The molecule has 0 heterocycles. The molecule has 0 bridgehead atoms. The molecule has 45 heavy (non-hydrogen) atoms. The first kappa shape index (κ1) is 34.2. The summed E-state index contributed by atoms with van der Waals surface area (Å²) in [7, 11) is -3.89. The minimum absolute atomic E-state index is 0.343. The molecule has 0 fully saturated rings. The lowest BCUT2D eigenvalue weighted by atomic mass is 9.89. The number of benzene rings is 4. The first-order valence-electron chi connectivity index (χ1n) is 16.2. The van der Waals surface area contributed by atoms with E-state index in [-0.39, 0.29) is 5.97 Å². The van der Waals surface area contributed by atoms with Gasteiger partial charge >= 0.3 is 5.97 Å². The summed E-state index contributed by atoms with van der Waals surface area (Å²) in [5, 5.41) is 1.75. The number of sulfonamides is 1. The Morgan fingerprint density at radius 2 is 1.40 bits per heavy atom. The number of fused-ring (bicyclic) bond motifs is 1. The zero-order valence-electron chi connectivity index (χ0n) is 28.3. The summed E-state index contributed by atoms with van der Waals surface area (Å²) in [6.45, 7) is 15.5. The molecule has 0 spiro atoms. The minimum atomic E-state index is -3.89. The van der Waals surface area contributed by atoms with Gasteiger partial charge in [0.05, 0.1) is 16.1 Å². The van der Waals surface area contributed by atoms with Crippen molar-refractivity contribution in [1.29, 1.82) is 0 Å². The molecular weight excluding hydrogens is 578 g/mol. The van der Waals surface area contributed by atoms with E-state index in [9.17, 15) is 13.2 Å². The van der Waals surface area contributed by atoms with Gasteiger partial charge in [-0.15, -0.1) is 0 Å². The van der Waals surface area contributed by atoms with E-state index in [1.165, 1.54) is 25.7 Å². The highest BCUT2D eigenvalue weighted by molar-refractivity contribution is 7.92. The highest BCUT2D eigenvalue weighted by atomic mass is 32.2. The Hall–Kier alpha value is -3.64. The maximum absolute atomic E-state index is 14.1. The molecule has 0 aliphatic carbocycles. The zero-order valence-corrected chi connectivity index (χ0v) is 29.1. The number of unbranched alkanes of at least 4 members (excludes halogenated alkanes) is 5. The fourth-order valence-electron chi connectivity index (χ4n) is 6.07. The van der Waals surface area contributed by atoms with Crippen LogP contribution in [-0.2, 0) is 21.2 Å². The molecule has 0 aromatic heterocycles. The molecule has 4 rings (SSSR count). The smallest absolute Gasteiger partial charge is 0.338 e. The van der Waals surface area contributed by atoms with Gasteiger partial charge in [0.15, 0.2) is 0 Å². The maximum Gasteiger partial charge on any atom is 0.338 e. The van der Waals surface area contributed by atoms with Gasteiger partial charge in [-0.2, -0.15) is 0 Å². The van der Waals surface area contributed by atoms with Gasteiger partial charge in [0.1, 0.15) is 5.60 Å². The first-order valence-corrected chi connectivity index (χ1v) is 17.7. The van der Waals surface area contributed by atoms with Gasteiger partial charge in [0.25, 0.3) is 10.0 Å². The first-order chi connectivity index (χ1) is 21.2. The molecule has 0 amide bonds. The summed E-state index contributed by atoms with van der Waals surface area (Å²) in [6.07, 6.45) is 7.72. The molecule has 4 aromatic rings. The highest BCUT2D eigenvalue weighted by Crippen LogP contribution is 2.39. The van der Waals surface area contributed by atoms with Crippen molar-refractivity contribution >= 4 is 32.5 Å². The van der Waals surface area contributed by atoms with Crippen molar-refractivity contribution in [3.63, 3.8) is 0 Å². The Kier molecular flexibility index (Phi) is 10.8. The van der Waals surface area contributed by atoms with Crippen LogP contribution >= 0.6 is 0 Å². The van der Waals surface area contributed by atoms with E-state index in [4.69, 9.17) is 4.74 Å². The van der Waals surface area contributed by atoms with Crippen molar-refractivity contribution in [3.05, 3.63) is 94.0 Å². The number of nitrogens with one attached hydrogen (secondary N) is 1. The van der Waals surface area contributed by atoms with Crippen LogP contribution in [0.2, 0.25) is 0 Å². The lowest BCUT2D eigenvalue weighted by Crippen LogP contribution is -2.23. The molecule has 0 atom stereocenters. The number of carbonyl (C=O) groups excluding carboxylic acids is 1. The van der Waals surface area contributed by atoms with Crippen molar-refractivity contribution in [3.8, 4) is 11.1 Å². The molecule has 1 N–H and O–H groups in total. The summed E-state index contributed by atoms with van der Waals surface area (Å²) >= 11 is 0. The molecule has 4 aromatic carbocycles. The fraction of sp³-hybridized carbons (Fsp3) is 0.410. The second kappa shape index (κ2) is 14.2. The SMILES string of the molecule is CCCCCCCCc1cc(NS(=O)(=O)c2c(C)c(C)cc(C)c2C)c2ccccc2c1-c1cccc(C(=O)OC(C)(C)C)c1. The number of hydrogen-bond acceptors (Lipinski definition) is 4. The largest absolute Gasteiger partial charge is 0.456 e. The number of ether oxygens (including phenoxy) is 1. The van der Waals surface area contributed by atoms with Crippen LogP contribution in [0.3, 0.4) is 0 Å². The average Bonchev–Trinajstić information content (AvgIpc) is 2.97. The number of aryl methyl sites for hydroxylation is 3. The number of rotatable bonds is 12. The lowest BCUT2D eigenvalue weighted by Gasteiger charge is -2.21. The Labute approximate surface area is 270 Å². The predicted octanol–water partition coefficient (Wildman–Crippen LogP) is 10.4. The van der Waals surface area contributed by atoms with Gasteiger partial charge in [-0.3, -0.25) is 4.72 Å². The molecule has 0 aliphatic heterocycles. The Morgan fingerprint density at radius 3 is 2.04 bits per heavy atom. The summed E-state index contributed by atoms with van der Waals surface area (Å²) in [5.74, 6) is -0.366. The average molecular weight is 628 g/mol. The van der Waals surface area contributed by atoms with Crippen LogP contribution in [0.5, 0.6) is 0 Å². The molecule has 0 saturated carbocycles. The molecule has 0 unspecified atom stereocenters. The molecule has 0 radical (unpaired) electrons. The third-order valence-corrected chi connectivity index (χ3v) is 10.2. The fourth-order valence-corrected chi connectivity index (χ4v) is 7.76. The Morgan fingerprint density at radius 1 is 0.778 bits per heavy atom. The zero-order chi connectivity index (χ0) is 32.9. The van der Waals surface area contributed by atoms with Crippen molar-refractivity contribution in [2.75, 3.05) is 4.72 Å². The monoisotopic (exact) mass is 627 g/mol. The van der Waals surface area contributed by atoms with Crippen LogP contribution in [0.1, 0.15) is 104 Å². The van der Waals surface area contributed by atoms with E-state index in [0.717, 1.165) is 69.0 Å². The molecule has 6 heteroatoms. The van der Waals surface area contributed by atoms with Crippen molar-refractivity contribution in [2.45, 2.75) is 111 Å². The number of carbonyl (C=O) groups is 1. The van der Waals surface area contributed by atoms with Crippen molar-refractivity contribution in [2.24, 2.45) is 0 Å². The summed E-state index contributed by atoms with van der Waals surface area (Å²) in [4.78, 5) is 13.4. The van der Waals surface area contributed by atoms with Gasteiger partial charge < -0.3 is 4.74 Å². The third-order valence-electron chi connectivity index (χ3n) is 8.52. The van der Waals surface area contributed by atoms with Gasteiger partial charge in [-0.25, -0.2) is 13.2 Å². The van der Waals surface area contributed by atoms with Crippen molar-refractivity contribution < 1.29 is 17.9 Å². The van der Waals surface area contributed by atoms with Crippen LogP contribution in [0.15, 0.2) is 65.6 Å². The van der Waals surface area contributed by atoms with Gasteiger partial charge in [-0.1, -0.05) is 81.5 Å². The molecular formula is C39H49NO4S. The summed E-state index contributed by atoms with van der Waals surface area (Å²) in [6, 6.07) is 19.6. The third kappa shape index (κ3) is 8.15. The predicted molar refractivity (Wildman–Crippen MR) is 188 cm³/mol. The van der Waals surface area contributed by atoms with Crippen LogP contribution in [-0.4, -0.2) is 20.0 Å². The van der Waals surface area contributed by atoms with E-state index >= 15 is 0 Å². The summed E-state index contributed by atoms with van der Waals surface area (Å²) < 4.78 is 36.9. The number of esters is 1. The number of anilines is 1. The van der Waals surface area contributed by atoms with Crippen LogP contribution < -0.4 is 4.72 Å². The van der Waals surface area contributed by atoms with Crippen LogP contribution in [0.4, 0.5) is 5.69 Å². The van der Waals surface area contributed by atoms with E-state index < -0.39 is 15.6 Å². The molecule has 0 aliphatic rings. The quantitative estimate of drug-likeness (QED) is 0.125. The summed E-state index contributed by atoms with van der Waals surface area (Å²) in [5.41, 5.74) is 6.86. The highest BCUT2D eigenvalue weighted by Gasteiger charge is 2.25. The molecule has 240 valence electrons. The Balaban J connectivity index is 1.86. The Bertz CT molecular complexity index is 1770. The van der Waals surface area contributed by atoms with E-state index in [1.54, 1.807) is 6.07 Å². The second-order valence-corrected chi connectivity index (χ2v) is 14.9. The minimum Gasteiger partial charge on any atom is -0.456 e. The van der Waals surface area contributed by atoms with Gasteiger partial charge in [-0.05, 0) is 124 Å². The topological polar surface area (TPSA) is 72.5 Å². The standard InChI is InChI=1S/C39H49NO4S/c1-9-10-11-12-13-14-18-31-25-35(40-45(42,43)37-28(4)26(2)23-27(3)29(37)5)33-21-15-16-22-34(33)36(31)30-19-17-20-32(24-30)38(41)44-39(6,7)8/h15-17,19-25,40H,9-14,18H2,1-8H3. The van der Waals surface area contributed by atoms with Crippen LogP contribution in [0, 0.1) is 27.7 Å². The van der Waals surface area contributed by atoms with Crippen LogP contribution in [0.25, 0.3) is 21.9 Å². The number of hydrogen-bond donors (Lipinski definition) is 1. The molecule has 5 nitrogen and oxygen atoms in total. The van der Waals surface area contributed by atoms with Gasteiger partial charge in [0, 0.05) is 5.39 Å². The van der Waals surface area contributed by atoms with E-state index in [0.29, 0.717) is 16.1 Å². The van der Waals surface area contributed by atoms with Gasteiger partial charge in [0.2, 0.25) is 0 Å². The lowest BCUT2D eigenvalue weighted by molar-refractivity contribution is 0.00695. The van der Waals surface area contributed by atoms with E-state index in [1.807, 2.05) is 103 Å².